The molecule has 1 rings (SSSR count). The lowest BCUT2D eigenvalue weighted by molar-refractivity contribution is -0.595. The van der Waals surface area contributed by atoms with Gasteiger partial charge in [-0.05, 0) is 0 Å². The van der Waals surface area contributed by atoms with Gasteiger partial charge >= 0.3 is 0 Å². The summed E-state index contributed by atoms with van der Waals surface area (Å²) in [7, 11) is 3.69. The smallest absolute Gasteiger partial charge is 0.0645 e. The number of hydrogen-bond donors (Lipinski definition) is 1. The van der Waals surface area contributed by atoms with Gasteiger partial charge in [-0.2, -0.15) is 7.05 Å². The summed E-state index contributed by atoms with van der Waals surface area (Å²) in [5, 5.41) is 1.97. The molecule has 0 aromatic heterocycles. The number of quaternary nitrogens is 1. The first-order chi connectivity index (χ1) is 5.93. The van der Waals surface area contributed by atoms with Crippen molar-refractivity contribution in [2.24, 2.45) is 0 Å². The molecule has 1 aliphatic heterocycles. The highest BCUT2D eigenvalue weighted by Crippen LogP contribution is 1.93. The molecule has 74 valence electrons. The second-order valence-corrected chi connectivity index (χ2v) is 2.53. The summed E-state index contributed by atoms with van der Waals surface area (Å²) in [4.78, 5) is 2.41. The van der Waals surface area contributed by atoms with Crippen LogP contribution in [0.3, 0.4) is 0 Å². The van der Waals surface area contributed by atoms with Crippen molar-refractivity contribution in [1.82, 2.24) is 4.90 Å². The van der Waals surface area contributed by atoms with Crippen LogP contribution in [0.15, 0.2) is 0 Å². The fraction of sp³-hybridized carbons (Fsp3) is 0.889. The predicted octanol–water partition coefficient (Wildman–Crippen LogP) is -0.300. The van der Waals surface area contributed by atoms with Crippen LogP contribution in [-0.2, 0) is 4.74 Å². The Labute approximate surface area is 76.1 Å². The Morgan fingerprint density at radius 2 is 1.92 bits per heavy atom. The third-order valence-electron chi connectivity index (χ3n) is 1.75. The summed E-state index contributed by atoms with van der Waals surface area (Å²) in [5.41, 5.74) is 0. The van der Waals surface area contributed by atoms with Crippen LogP contribution >= 0.6 is 0 Å². The van der Waals surface area contributed by atoms with Gasteiger partial charge in [-0.15, -0.1) is 0 Å². The molecule has 0 atom stereocenters. The number of nitrogens with zero attached hydrogens (tertiary/aromatic N) is 1. The molecule has 3 heteroatoms. The van der Waals surface area contributed by atoms with Crippen LogP contribution in [0.1, 0.15) is 13.8 Å². The molecule has 0 unspecified atom stereocenters. The maximum atomic E-state index is 5.21. The molecule has 1 saturated heterocycles. The monoisotopic (exact) mass is 174 g/mol. The van der Waals surface area contributed by atoms with Crippen molar-refractivity contribution in [2.45, 2.75) is 13.8 Å². The highest BCUT2D eigenvalue weighted by Gasteiger charge is 2.08. The molecule has 0 amide bonds. The highest BCUT2D eigenvalue weighted by atomic mass is 16.5. The van der Waals surface area contributed by atoms with Crippen molar-refractivity contribution in [2.75, 3.05) is 39.4 Å². The average molecular weight is 174 g/mol. The zero-order valence-corrected chi connectivity index (χ0v) is 8.38. The zero-order chi connectivity index (χ0) is 9.23. The fourth-order valence-electron chi connectivity index (χ4n) is 1.10. The Hall–Kier alpha value is -0.120. The van der Waals surface area contributed by atoms with Gasteiger partial charge in [0.1, 0.15) is 0 Å². The van der Waals surface area contributed by atoms with Crippen LogP contribution in [0.25, 0.3) is 0 Å². The lowest BCUT2D eigenvalue weighted by Gasteiger charge is -2.25. The molecule has 0 aromatic carbocycles. The number of morpholine rings is 1. The minimum absolute atomic E-state index is 0.900. The summed E-state index contributed by atoms with van der Waals surface area (Å²) >= 11 is 0. The Balaban J connectivity index is 0.000000561. The van der Waals surface area contributed by atoms with Crippen molar-refractivity contribution in [3.8, 4) is 0 Å². The third kappa shape index (κ3) is 5.52. The van der Waals surface area contributed by atoms with Crippen LogP contribution in [-0.4, -0.2) is 44.3 Å². The van der Waals surface area contributed by atoms with E-state index in [1.807, 2.05) is 19.2 Å². The van der Waals surface area contributed by atoms with Gasteiger partial charge in [-0.25, -0.2) is 0 Å². The van der Waals surface area contributed by atoms with E-state index < -0.39 is 0 Å². The van der Waals surface area contributed by atoms with E-state index in [1.54, 1.807) is 0 Å². The largest absolute Gasteiger partial charge is 0.478 e. The molecular formula is C9H22N2O. The van der Waals surface area contributed by atoms with Crippen molar-refractivity contribution in [3.63, 3.8) is 0 Å². The van der Waals surface area contributed by atoms with Gasteiger partial charge < -0.3 is 10.1 Å². The van der Waals surface area contributed by atoms with Gasteiger partial charge in [0.2, 0.25) is 0 Å². The minimum Gasteiger partial charge on any atom is -0.478 e. The van der Waals surface area contributed by atoms with Crippen LogP contribution in [0.4, 0.5) is 0 Å². The first-order valence-electron chi connectivity index (χ1n) is 4.84. The predicted molar refractivity (Wildman–Crippen MR) is 50.8 cm³/mol. The summed E-state index contributed by atoms with van der Waals surface area (Å²) in [6.45, 7) is 10.2. The normalized spacial score (nSPS) is 18.2. The van der Waals surface area contributed by atoms with E-state index in [4.69, 9.17) is 4.74 Å². The Bertz CT molecular complexity index is 82.6. The molecule has 1 aliphatic rings. The number of ether oxygens (including phenoxy) is 1. The standard InChI is InChI=1S/C7H16N2O.C2H6/c1-8-2-3-9-4-6-10-7-5-9;1-2/h1-8H2;1-2H3. The second-order valence-electron chi connectivity index (χ2n) is 2.53. The molecule has 2 N–H and O–H groups in total. The Morgan fingerprint density at radius 3 is 2.42 bits per heavy atom. The van der Waals surface area contributed by atoms with E-state index in [-0.39, 0.29) is 0 Å². The lowest BCUT2D eigenvalue weighted by atomic mass is 10.4. The van der Waals surface area contributed by atoms with Crippen molar-refractivity contribution >= 4 is 0 Å². The Morgan fingerprint density at radius 1 is 1.33 bits per heavy atom. The molecular weight excluding hydrogens is 152 g/mol. The molecule has 0 saturated carbocycles. The number of nitrogens with two attached hydrogens (primary N) is 1. The van der Waals surface area contributed by atoms with Gasteiger partial charge in [0.15, 0.2) is 0 Å². The van der Waals surface area contributed by atoms with Crippen LogP contribution in [0, 0.1) is 7.05 Å². The fourth-order valence-corrected chi connectivity index (χ4v) is 1.10. The molecule has 0 spiro atoms. The van der Waals surface area contributed by atoms with Gasteiger partial charge in [-0.3, -0.25) is 4.90 Å². The molecule has 0 aromatic rings. The summed E-state index contributed by atoms with van der Waals surface area (Å²) in [5.74, 6) is 0. The van der Waals surface area contributed by atoms with Gasteiger partial charge in [0.25, 0.3) is 0 Å². The van der Waals surface area contributed by atoms with E-state index in [0.29, 0.717) is 0 Å². The summed E-state index contributed by atoms with van der Waals surface area (Å²) in [6, 6.07) is 0. The van der Waals surface area contributed by atoms with E-state index in [9.17, 15) is 0 Å². The maximum absolute atomic E-state index is 5.21. The molecule has 12 heavy (non-hydrogen) atoms. The SMILES string of the molecule is CC.[CH2-][NH2+]CCN1CCOCC1. The van der Waals surface area contributed by atoms with Crippen molar-refractivity contribution < 1.29 is 10.1 Å². The molecule has 1 fully saturated rings. The average Bonchev–Trinajstić information content (AvgIpc) is 2.19. The van der Waals surface area contributed by atoms with Crippen LogP contribution in [0.2, 0.25) is 0 Å². The van der Waals surface area contributed by atoms with E-state index in [2.05, 4.69) is 11.9 Å². The van der Waals surface area contributed by atoms with Crippen molar-refractivity contribution in [1.29, 1.82) is 0 Å². The number of hydrogen-bond acceptors (Lipinski definition) is 2. The quantitative estimate of drug-likeness (QED) is 0.595. The van der Waals surface area contributed by atoms with E-state index in [1.165, 1.54) is 0 Å². The van der Waals surface area contributed by atoms with Crippen LogP contribution < -0.4 is 5.32 Å². The topological polar surface area (TPSA) is 29.1 Å². The lowest BCUT2D eigenvalue weighted by Crippen LogP contribution is -2.78. The molecule has 0 aliphatic carbocycles. The van der Waals surface area contributed by atoms with Crippen molar-refractivity contribution in [3.05, 3.63) is 7.05 Å². The minimum atomic E-state index is 0.900. The van der Waals surface area contributed by atoms with E-state index in [0.717, 1.165) is 39.4 Å². The zero-order valence-electron chi connectivity index (χ0n) is 8.38. The summed E-state index contributed by atoms with van der Waals surface area (Å²) in [6.07, 6.45) is 0. The Kier molecular flexibility index (Phi) is 8.88. The molecule has 3 nitrogen and oxygen atoms in total. The molecule has 0 bridgehead atoms. The molecule has 0 radical (unpaired) electrons. The third-order valence-corrected chi connectivity index (χ3v) is 1.75. The summed E-state index contributed by atoms with van der Waals surface area (Å²) < 4.78 is 5.21. The van der Waals surface area contributed by atoms with Crippen LogP contribution in [0.5, 0.6) is 0 Å². The number of rotatable bonds is 3. The first-order valence-corrected chi connectivity index (χ1v) is 4.84. The highest BCUT2D eigenvalue weighted by molar-refractivity contribution is 4.59. The second kappa shape index (κ2) is 8.97. The van der Waals surface area contributed by atoms with Gasteiger partial charge in [0.05, 0.1) is 19.8 Å². The molecule has 1 heterocycles. The van der Waals surface area contributed by atoms with Gasteiger partial charge in [0, 0.05) is 19.6 Å². The maximum Gasteiger partial charge on any atom is 0.0645 e. The van der Waals surface area contributed by atoms with Gasteiger partial charge in [-0.1, -0.05) is 13.8 Å². The first kappa shape index (κ1) is 11.9. The van der Waals surface area contributed by atoms with E-state index >= 15 is 0 Å².